The van der Waals surface area contributed by atoms with Crippen LogP contribution >= 0.6 is 22.9 Å². The number of carbonyl (C=O) groups is 1. The van der Waals surface area contributed by atoms with E-state index in [1.165, 1.54) is 11.3 Å². The van der Waals surface area contributed by atoms with Crippen molar-refractivity contribution in [3.8, 4) is 5.69 Å². The molecule has 104 valence electrons. The largest absolute Gasteiger partial charge is 0.346 e. The number of hydrogen-bond donors (Lipinski definition) is 0. The minimum atomic E-state index is -0.152. The maximum atomic E-state index is 12.1. The Kier molecular flexibility index (Phi) is 3.89. The van der Waals surface area contributed by atoms with Gasteiger partial charge >= 0.3 is 6.03 Å². The molecule has 0 aliphatic carbocycles. The van der Waals surface area contributed by atoms with Gasteiger partial charge in [-0.2, -0.15) is 4.99 Å². The zero-order valence-electron chi connectivity index (χ0n) is 10.8. The van der Waals surface area contributed by atoms with Gasteiger partial charge in [0.05, 0.1) is 0 Å². The number of benzene rings is 1. The maximum Gasteiger partial charge on any atom is 0.346 e. The highest BCUT2D eigenvalue weighted by atomic mass is 35.5. The van der Waals surface area contributed by atoms with Gasteiger partial charge in [0.1, 0.15) is 0 Å². The summed E-state index contributed by atoms with van der Waals surface area (Å²) in [6.45, 7) is 1.62. The van der Waals surface area contributed by atoms with E-state index >= 15 is 0 Å². The molecule has 2 aromatic rings. The summed E-state index contributed by atoms with van der Waals surface area (Å²) in [6.07, 6.45) is 4.03. The third-order valence-corrected chi connectivity index (χ3v) is 4.24. The van der Waals surface area contributed by atoms with Crippen LogP contribution < -0.4 is 4.80 Å². The van der Waals surface area contributed by atoms with Crippen LogP contribution in [0.25, 0.3) is 5.69 Å². The minimum Gasteiger partial charge on any atom is -0.323 e. The summed E-state index contributed by atoms with van der Waals surface area (Å²) in [7, 11) is 0. The number of likely N-dealkylation sites (tertiary alicyclic amines) is 1. The van der Waals surface area contributed by atoms with E-state index in [1.54, 1.807) is 4.90 Å². The molecule has 0 N–H and O–H groups in total. The number of hydrogen-bond acceptors (Lipinski definition) is 2. The molecule has 1 aromatic heterocycles. The number of rotatable bonds is 1. The van der Waals surface area contributed by atoms with Gasteiger partial charge in [0, 0.05) is 35.4 Å². The van der Waals surface area contributed by atoms with E-state index in [0.29, 0.717) is 9.82 Å². The third-order valence-electron chi connectivity index (χ3n) is 3.24. The summed E-state index contributed by atoms with van der Waals surface area (Å²) < 4.78 is 1.88. The molecule has 0 radical (unpaired) electrons. The van der Waals surface area contributed by atoms with E-state index in [2.05, 4.69) is 4.99 Å². The van der Waals surface area contributed by atoms with Crippen LogP contribution in [0, 0.1) is 0 Å². The van der Waals surface area contributed by atoms with Crippen LogP contribution in [0.1, 0.15) is 12.8 Å². The van der Waals surface area contributed by atoms with E-state index < -0.39 is 0 Å². The van der Waals surface area contributed by atoms with Gasteiger partial charge in [0.25, 0.3) is 0 Å². The van der Waals surface area contributed by atoms with E-state index in [-0.39, 0.29) is 6.03 Å². The molecular weight excluding hydrogens is 294 g/mol. The molecule has 0 atom stereocenters. The van der Waals surface area contributed by atoms with Crippen molar-refractivity contribution in [2.24, 2.45) is 4.99 Å². The molecule has 1 fully saturated rings. The molecule has 0 saturated carbocycles. The first kappa shape index (κ1) is 13.4. The van der Waals surface area contributed by atoms with E-state index in [0.717, 1.165) is 31.6 Å². The third kappa shape index (κ3) is 2.78. The van der Waals surface area contributed by atoms with Crippen molar-refractivity contribution >= 4 is 29.0 Å². The van der Waals surface area contributed by atoms with Crippen LogP contribution in [0.3, 0.4) is 0 Å². The Hall–Kier alpha value is -1.59. The number of thiazole rings is 1. The SMILES string of the molecule is O=C(/N=c1\sccn1-c1cccc(Cl)c1)N1CCCC1. The molecule has 3 rings (SSSR count). The molecular formula is C14H14ClN3OS. The summed E-state index contributed by atoms with van der Waals surface area (Å²) in [5.41, 5.74) is 0.909. The Labute approximate surface area is 125 Å². The van der Waals surface area contributed by atoms with Crippen molar-refractivity contribution in [3.63, 3.8) is 0 Å². The van der Waals surface area contributed by atoms with Crippen molar-refractivity contribution in [2.45, 2.75) is 12.8 Å². The molecule has 4 nitrogen and oxygen atoms in total. The van der Waals surface area contributed by atoms with Crippen molar-refractivity contribution in [1.29, 1.82) is 0 Å². The lowest BCUT2D eigenvalue weighted by Gasteiger charge is -2.10. The second-order valence-corrected chi connectivity index (χ2v) is 5.93. The zero-order valence-corrected chi connectivity index (χ0v) is 12.4. The molecule has 1 aromatic carbocycles. The fourth-order valence-electron chi connectivity index (χ4n) is 2.24. The van der Waals surface area contributed by atoms with Crippen LogP contribution in [0.15, 0.2) is 40.8 Å². The number of aromatic nitrogens is 1. The summed E-state index contributed by atoms with van der Waals surface area (Å²) in [4.78, 5) is 18.8. The minimum absolute atomic E-state index is 0.152. The Bertz CT molecular complexity index is 685. The summed E-state index contributed by atoms with van der Waals surface area (Å²) in [6, 6.07) is 7.35. The molecule has 2 heterocycles. The lowest BCUT2D eigenvalue weighted by Crippen LogP contribution is -2.27. The topological polar surface area (TPSA) is 37.6 Å². The number of carbonyl (C=O) groups excluding carboxylic acids is 1. The van der Waals surface area contributed by atoms with Gasteiger partial charge in [-0.3, -0.25) is 4.57 Å². The average Bonchev–Trinajstić information content (AvgIpc) is 3.09. The summed E-state index contributed by atoms with van der Waals surface area (Å²) in [5, 5.41) is 2.58. The van der Waals surface area contributed by atoms with Gasteiger partial charge in [-0.1, -0.05) is 17.7 Å². The number of urea groups is 1. The van der Waals surface area contributed by atoms with E-state index in [4.69, 9.17) is 11.6 Å². The number of nitrogens with zero attached hydrogens (tertiary/aromatic N) is 3. The highest BCUT2D eigenvalue weighted by Crippen LogP contribution is 2.14. The fraction of sp³-hybridized carbons (Fsp3) is 0.286. The molecule has 1 saturated heterocycles. The van der Waals surface area contributed by atoms with E-state index in [1.807, 2.05) is 40.4 Å². The smallest absolute Gasteiger partial charge is 0.323 e. The van der Waals surface area contributed by atoms with Crippen molar-refractivity contribution in [3.05, 3.63) is 45.7 Å². The lowest BCUT2D eigenvalue weighted by atomic mass is 10.3. The molecule has 20 heavy (non-hydrogen) atoms. The van der Waals surface area contributed by atoms with Crippen molar-refractivity contribution in [1.82, 2.24) is 9.47 Å². The molecule has 0 unspecified atom stereocenters. The quantitative estimate of drug-likeness (QED) is 0.796. The molecule has 0 bridgehead atoms. The molecule has 2 amide bonds. The first-order valence-corrected chi connectivity index (χ1v) is 7.75. The van der Waals surface area contributed by atoms with Crippen molar-refractivity contribution < 1.29 is 4.79 Å². The standard InChI is InChI=1S/C14H14ClN3OS/c15-11-4-3-5-12(10-11)18-8-9-20-14(18)16-13(19)17-6-1-2-7-17/h3-5,8-10H,1-2,6-7H2/b16-14-. The Morgan fingerprint density at radius 3 is 2.85 bits per heavy atom. The van der Waals surface area contributed by atoms with Crippen LogP contribution in [-0.2, 0) is 0 Å². The second kappa shape index (κ2) is 5.81. The summed E-state index contributed by atoms with van der Waals surface area (Å²) in [5.74, 6) is 0. The first-order valence-electron chi connectivity index (χ1n) is 6.50. The van der Waals surface area contributed by atoms with Crippen LogP contribution in [-0.4, -0.2) is 28.6 Å². The fourth-order valence-corrected chi connectivity index (χ4v) is 3.14. The maximum absolute atomic E-state index is 12.1. The van der Waals surface area contributed by atoms with Gasteiger partial charge < -0.3 is 4.90 Å². The number of amides is 2. The first-order chi connectivity index (χ1) is 9.74. The molecule has 6 heteroatoms. The Morgan fingerprint density at radius 1 is 1.30 bits per heavy atom. The Balaban J connectivity index is 1.95. The van der Waals surface area contributed by atoms with Gasteiger partial charge in [-0.05, 0) is 31.0 Å². The molecule has 0 spiro atoms. The van der Waals surface area contributed by atoms with Crippen LogP contribution in [0.2, 0.25) is 5.02 Å². The highest BCUT2D eigenvalue weighted by molar-refractivity contribution is 7.07. The normalized spacial score (nSPS) is 15.8. The monoisotopic (exact) mass is 307 g/mol. The van der Waals surface area contributed by atoms with Gasteiger partial charge in [0.15, 0.2) is 4.80 Å². The zero-order chi connectivity index (χ0) is 13.9. The molecule has 1 aliphatic rings. The second-order valence-electron chi connectivity index (χ2n) is 4.62. The highest BCUT2D eigenvalue weighted by Gasteiger charge is 2.17. The van der Waals surface area contributed by atoms with Gasteiger partial charge in [-0.25, -0.2) is 4.79 Å². The Morgan fingerprint density at radius 2 is 2.10 bits per heavy atom. The van der Waals surface area contributed by atoms with E-state index in [9.17, 15) is 4.79 Å². The van der Waals surface area contributed by atoms with Crippen molar-refractivity contribution in [2.75, 3.05) is 13.1 Å². The number of halogens is 1. The predicted octanol–water partition coefficient (Wildman–Crippen LogP) is 3.31. The summed E-state index contributed by atoms with van der Waals surface area (Å²) >= 11 is 7.45. The average molecular weight is 308 g/mol. The predicted molar refractivity (Wildman–Crippen MR) is 80.4 cm³/mol. The lowest BCUT2D eigenvalue weighted by molar-refractivity contribution is 0.218. The van der Waals surface area contributed by atoms with Gasteiger partial charge in [0.2, 0.25) is 0 Å². The van der Waals surface area contributed by atoms with Crippen LogP contribution in [0.5, 0.6) is 0 Å². The molecule has 1 aliphatic heterocycles. The van der Waals surface area contributed by atoms with Gasteiger partial charge in [-0.15, -0.1) is 11.3 Å². The van der Waals surface area contributed by atoms with Crippen LogP contribution in [0.4, 0.5) is 4.79 Å².